The number of fused-ring (bicyclic) bond motifs is 3. The number of imide groups is 1. The first-order valence-corrected chi connectivity index (χ1v) is 11.5. The highest BCUT2D eigenvalue weighted by atomic mass is 16.5. The van der Waals surface area contributed by atoms with Gasteiger partial charge in [0.15, 0.2) is 5.54 Å². The Morgan fingerprint density at radius 3 is 2.68 bits per heavy atom. The van der Waals surface area contributed by atoms with E-state index in [4.69, 9.17) is 4.74 Å². The number of nitrogens with one attached hydrogen (secondary N) is 2. The van der Waals surface area contributed by atoms with Gasteiger partial charge in [-0.1, -0.05) is 17.9 Å². The fourth-order valence-electron chi connectivity index (χ4n) is 5.83. The summed E-state index contributed by atoms with van der Waals surface area (Å²) in [7, 11) is 3.59. The summed E-state index contributed by atoms with van der Waals surface area (Å²) in [5.41, 5.74) is 1.74. The molecule has 1 aromatic carbocycles. The summed E-state index contributed by atoms with van der Waals surface area (Å²) < 4.78 is 5.61. The molecule has 2 spiro atoms. The average Bonchev–Trinajstić information content (AvgIpc) is 3.53. The predicted octanol–water partition coefficient (Wildman–Crippen LogP) is 2.55. The van der Waals surface area contributed by atoms with Crippen molar-refractivity contribution in [1.29, 1.82) is 0 Å². The SMILES string of the molecule is CNCCN1C(=O)NC2(C1=O)c1cc(C#CC3CC3)ccc1CC21CCC(OC)CC1. The van der Waals surface area contributed by atoms with Gasteiger partial charge >= 0.3 is 6.03 Å². The van der Waals surface area contributed by atoms with Crippen molar-refractivity contribution in [3.63, 3.8) is 0 Å². The average molecular weight is 422 g/mol. The maximum absolute atomic E-state index is 14.0. The molecule has 31 heavy (non-hydrogen) atoms. The lowest BCUT2D eigenvalue weighted by molar-refractivity contribution is -0.138. The summed E-state index contributed by atoms with van der Waals surface area (Å²) >= 11 is 0. The Labute approximate surface area is 184 Å². The van der Waals surface area contributed by atoms with Gasteiger partial charge in [0.2, 0.25) is 0 Å². The topological polar surface area (TPSA) is 70.7 Å². The van der Waals surface area contributed by atoms with Crippen molar-refractivity contribution in [2.75, 3.05) is 27.2 Å². The van der Waals surface area contributed by atoms with E-state index in [1.807, 2.05) is 7.05 Å². The molecule has 164 valence electrons. The van der Waals surface area contributed by atoms with Crippen LogP contribution in [0, 0.1) is 23.2 Å². The number of carbonyl (C=O) groups is 2. The van der Waals surface area contributed by atoms with Crippen LogP contribution in [0.5, 0.6) is 0 Å². The van der Waals surface area contributed by atoms with Gasteiger partial charge in [-0.05, 0) is 75.3 Å². The molecule has 1 saturated heterocycles. The molecule has 1 unspecified atom stereocenters. The smallest absolute Gasteiger partial charge is 0.325 e. The Morgan fingerprint density at radius 2 is 2.00 bits per heavy atom. The van der Waals surface area contributed by atoms with Crippen LogP contribution in [0.25, 0.3) is 0 Å². The molecule has 1 aliphatic heterocycles. The second-order valence-corrected chi connectivity index (χ2v) is 9.55. The number of rotatable bonds is 4. The van der Waals surface area contributed by atoms with E-state index in [-0.39, 0.29) is 23.5 Å². The van der Waals surface area contributed by atoms with Gasteiger partial charge in [0.1, 0.15) is 0 Å². The van der Waals surface area contributed by atoms with Gasteiger partial charge in [0.05, 0.1) is 6.10 Å². The molecule has 2 saturated carbocycles. The summed E-state index contributed by atoms with van der Waals surface area (Å²) in [6.07, 6.45) is 6.91. The van der Waals surface area contributed by atoms with Crippen LogP contribution >= 0.6 is 0 Å². The molecule has 0 bridgehead atoms. The van der Waals surface area contributed by atoms with Gasteiger partial charge in [0, 0.05) is 37.1 Å². The Hall–Kier alpha value is -2.36. The third kappa shape index (κ3) is 3.18. The van der Waals surface area contributed by atoms with Crippen LogP contribution in [0.15, 0.2) is 18.2 Å². The lowest BCUT2D eigenvalue weighted by atomic mass is 9.61. The van der Waals surface area contributed by atoms with E-state index >= 15 is 0 Å². The minimum Gasteiger partial charge on any atom is -0.381 e. The minimum atomic E-state index is -0.997. The van der Waals surface area contributed by atoms with Crippen LogP contribution in [-0.4, -0.2) is 50.2 Å². The zero-order valence-electron chi connectivity index (χ0n) is 18.4. The highest BCUT2D eigenvalue weighted by Crippen LogP contribution is 2.60. The molecule has 1 heterocycles. The third-order valence-corrected chi connectivity index (χ3v) is 7.75. The Bertz CT molecular complexity index is 966. The molecule has 4 aliphatic rings. The highest BCUT2D eigenvalue weighted by molar-refractivity contribution is 6.09. The van der Waals surface area contributed by atoms with Crippen molar-refractivity contribution in [3.8, 4) is 11.8 Å². The van der Waals surface area contributed by atoms with Gasteiger partial charge in [0.25, 0.3) is 5.91 Å². The number of likely N-dealkylation sites (N-methyl/N-ethyl adjacent to an activating group) is 1. The van der Waals surface area contributed by atoms with E-state index in [2.05, 4.69) is 40.7 Å². The third-order valence-electron chi connectivity index (χ3n) is 7.75. The molecule has 3 aliphatic carbocycles. The molecule has 3 fully saturated rings. The predicted molar refractivity (Wildman–Crippen MR) is 117 cm³/mol. The molecule has 6 heteroatoms. The number of ether oxygens (including phenoxy) is 1. The monoisotopic (exact) mass is 421 g/mol. The number of carbonyl (C=O) groups excluding carboxylic acids is 2. The maximum Gasteiger partial charge on any atom is 0.325 e. The number of urea groups is 1. The molecule has 0 radical (unpaired) electrons. The van der Waals surface area contributed by atoms with E-state index in [1.54, 1.807) is 7.11 Å². The van der Waals surface area contributed by atoms with Gasteiger partial charge < -0.3 is 15.4 Å². The number of amides is 3. The summed E-state index contributed by atoms with van der Waals surface area (Å²) in [6.45, 7) is 0.948. The molecular formula is C25H31N3O3. The summed E-state index contributed by atoms with van der Waals surface area (Å²) in [6, 6.07) is 5.99. The molecule has 6 nitrogen and oxygen atoms in total. The second kappa shape index (κ2) is 7.65. The largest absolute Gasteiger partial charge is 0.381 e. The minimum absolute atomic E-state index is 0.102. The van der Waals surface area contributed by atoms with Gasteiger partial charge in [-0.3, -0.25) is 9.69 Å². The van der Waals surface area contributed by atoms with E-state index in [1.165, 1.54) is 17.7 Å². The zero-order valence-corrected chi connectivity index (χ0v) is 18.4. The Morgan fingerprint density at radius 1 is 1.23 bits per heavy atom. The molecule has 3 amide bonds. The van der Waals surface area contributed by atoms with Crippen LogP contribution in [0.1, 0.15) is 55.2 Å². The zero-order chi connectivity index (χ0) is 21.6. The summed E-state index contributed by atoms with van der Waals surface area (Å²) in [5.74, 6) is 7.05. The van der Waals surface area contributed by atoms with Crippen LogP contribution in [0.4, 0.5) is 4.79 Å². The highest BCUT2D eigenvalue weighted by Gasteiger charge is 2.68. The van der Waals surface area contributed by atoms with E-state index in [0.717, 1.165) is 48.8 Å². The summed E-state index contributed by atoms with van der Waals surface area (Å²) in [5, 5.41) is 6.26. The Balaban J connectivity index is 1.58. The lowest BCUT2D eigenvalue weighted by Crippen LogP contribution is -2.57. The van der Waals surface area contributed by atoms with Crippen molar-refractivity contribution in [1.82, 2.24) is 15.5 Å². The van der Waals surface area contributed by atoms with Crippen molar-refractivity contribution in [3.05, 3.63) is 34.9 Å². The van der Waals surface area contributed by atoms with Crippen LogP contribution in [-0.2, 0) is 21.5 Å². The van der Waals surface area contributed by atoms with E-state index in [0.29, 0.717) is 19.0 Å². The fraction of sp³-hybridized carbons (Fsp3) is 0.600. The van der Waals surface area contributed by atoms with Crippen molar-refractivity contribution >= 4 is 11.9 Å². The summed E-state index contributed by atoms with van der Waals surface area (Å²) in [4.78, 5) is 28.4. The molecule has 1 aromatic rings. The lowest BCUT2D eigenvalue weighted by Gasteiger charge is -2.46. The fourth-order valence-corrected chi connectivity index (χ4v) is 5.83. The molecule has 1 atom stereocenters. The molecule has 5 rings (SSSR count). The first-order chi connectivity index (χ1) is 15.0. The normalized spacial score (nSPS) is 31.7. The van der Waals surface area contributed by atoms with Crippen molar-refractivity contribution in [2.45, 2.75) is 56.6 Å². The van der Waals surface area contributed by atoms with E-state index in [9.17, 15) is 9.59 Å². The van der Waals surface area contributed by atoms with Gasteiger partial charge in [-0.25, -0.2) is 4.79 Å². The molecular weight excluding hydrogens is 390 g/mol. The number of methoxy groups -OCH3 is 1. The number of benzene rings is 1. The van der Waals surface area contributed by atoms with Gasteiger partial charge in [-0.2, -0.15) is 0 Å². The first-order valence-electron chi connectivity index (χ1n) is 11.5. The number of hydrogen-bond donors (Lipinski definition) is 2. The van der Waals surface area contributed by atoms with Crippen molar-refractivity contribution in [2.24, 2.45) is 11.3 Å². The van der Waals surface area contributed by atoms with E-state index < -0.39 is 5.54 Å². The molecule has 0 aromatic heterocycles. The first kappa shape index (κ1) is 20.5. The quantitative estimate of drug-likeness (QED) is 0.579. The van der Waals surface area contributed by atoms with Crippen LogP contribution in [0.3, 0.4) is 0 Å². The number of hydrogen-bond acceptors (Lipinski definition) is 4. The van der Waals surface area contributed by atoms with Crippen LogP contribution in [0.2, 0.25) is 0 Å². The number of nitrogens with zero attached hydrogens (tertiary/aromatic N) is 1. The molecule has 2 N–H and O–H groups in total. The van der Waals surface area contributed by atoms with Crippen molar-refractivity contribution < 1.29 is 14.3 Å². The maximum atomic E-state index is 14.0. The Kier molecular flexibility index (Phi) is 5.07. The van der Waals surface area contributed by atoms with Crippen LogP contribution < -0.4 is 10.6 Å². The standard InChI is InChI=1S/C25H31N3O3/c1-26-13-14-28-22(29)25(27-23(28)30)21-15-18(6-5-17-3-4-17)7-8-19(21)16-24(25)11-9-20(31-2)10-12-24/h7-8,15,17,20,26H,3-4,9-14,16H2,1-2H3,(H,27,30). The van der Waals surface area contributed by atoms with Gasteiger partial charge in [-0.15, -0.1) is 0 Å². The second-order valence-electron chi connectivity index (χ2n) is 9.55.